The quantitative estimate of drug-likeness (QED) is 0.753. The van der Waals surface area contributed by atoms with Crippen molar-refractivity contribution in [1.29, 1.82) is 0 Å². The van der Waals surface area contributed by atoms with Crippen molar-refractivity contribution in [2.45, 2.75) is 19.3 Å². The summed E-state index contributed by atoms with van der Waals surface area (Å²) in [5, 5.41) is 0. The van der Waals surface area contributed by atoms with Gasteiger partial charge in [-0.05, 0) is 49.1 Å². The molecule has 2 unspecified atom stereocenters. The molecule has 2 aromatic carbocycles. The van der Waals surface area contributed by atoms with Crippen LogP contribution in [-0.2, 0) is 0 Å². The molecule has 0 aromatic heterocycles. The van der Waals surface area contributed by atoms with Crippen molar-refractivity contribution < 1.29 is 9.18 Å². The lowest BCUT2D eigenvalue weighted by atomic mass is 10.0. The predicted molar refractivity (Wildman–Crippen MR) is 72.8 cm³/mol. The number of Topliss-reactive ketones (excluding diaryl/α,β-unsaturated/α-hetero) is 1. The fourth-order valence-corrected chi connectivity index (χ4v) is 2.50. The lowest BCUT2D eigenvalue weighted by molar-refractivity contribution is 0.0965. The van der Waals surface area contributed by atoms with Crippen LogP contribution in [0.5, 0.6) is 0 Å². The number of halogens is 1. The first-order valence-corrected chi connectivity index (χ1v) is 6.51. The molecular weight excluding hydrogens is 239 g/mol. The molecule has 0 saturated heterocycles. The van der Waals surface area contributed by atoms with Crippen molar-refractivity contribution in [3.63, 3.8) is 0 Å². The fourth-order valence-electron chi connectivity index (χ4n) is 2.50. The molecule has 2 heteroatoms. The zero-order chi connectivity index (χ0) is 13.4. The van der Waals surface area contributed by atoms with Gasteiger partial charge >= 0.3 is 0 Å². The Labute approximate surface area is 112 Å². The summed E-state index contributed by atoms with van der Waals surface area (Å²) in [5.74, 6) is 0.222. The van der Waals surface area contributed by atoms with Crippen LogP contribution >= 0.6 is 0 Å². The number of hydrogen-bond acceptors (Lipinski definition) is 1. The average Bonchev–Trinajstić information content (AvgIpc) is 3.20. The van der Waals surface area contributed by atoms with E-state index in [0.29, 0.717) is 11.5 Å². The van der Waals surface area contributed by atoms with Crippen LogP contribution in [0, 0.1) is 18.7 Å². The molecule has 0 amide bonds. The van der Waals surface area contributed by atoms with E-state index in [2.05, 4.69) is 31.2 Å². The van der Waals surface area contributed by atoms with E-state index in [4.69, 9.17) is 0 Å². The summed E-state index contributed by atoms with van der Waals surface area (Å²) in [6.45, 7) is 2.05. The van der Waals surface area contributed by atoms with Crippen LogP contribution in [0.4, 0.5) is 4.39 Å². The topological polar surface area (TPSA) is 17.1 Å². The zero-order valence-corrected chi connectivity index (χ0v) is 10.8. The molecule has 96 valence electrons. The predicted octanol–water partition coefficient (Wildman–Crippen LogP) is 4.12. The van der Waals surface area contributed by atoms with Crippen LogP contribution < -0.4 is 0 Å². The zero-order valence-electron chi connectivity index (χ0n) is 10.8. The third-order valence-electron chi connectivity index (χ3n) is 3.76. The minimum Gasteiger partial charge on any atom is -0.294 e. The molecule has 0 spiro atoms. The van der Waals surface area contributed by atoms with E-state index in [0.717, 1.165) is 6.42 Å². The molecule has 2 atom stereocenters. The highest BCUT2D eigenvalue weighted by molar-refractivity contribution is 6.00. The number of benzene rings is 2. The van der Waals surface area contributed by atoms with Crippen molar-refractivity contribution in [2.24, 2.45) is 5.92 Å². The lowest BCUT2D eigenvalue weighted by Crippen LogP contribution is -2.03. The number of carbonyl (C=O) groups is 1. The number of hydrogen-bond donors (Lipinski definition) is 0. The molecule has 1 fully saturated rings. The Morgan fingerprint density at radius 3 is 2.32 bits per heavy atom. The van der Waals surface area contributed by atoms with E-state index >= 15 is 0 Å². The fraction of sp³-hybridized carbons (Fsp3) is 0.235. The highest BCUT2D eigenvalue weighted by atomic mass is 19.1. The van der Waals surface area contributed by atoms with Crippen LogP contribution in [-0.4, -0.2) is 5.78 Å². The molecular formula is C17H15FO. The molecule has 1 aliphatic carbocycles. The van der Waals surface area contributed by atoms with E-state index < -0.39 is 0 Å². The highest BCUT2D eigenvalue weighted by Crippen LogP contribution is 2.49. The van der Waals surface area contributed by atoms with E-state index in [1.807, 2.05) is 0 Å². The first-order chi connectivity index (χ1) is 9.15. The molecule has 3 rings (SSSR count). The van der Waals surface area contributed by atoms with Crippen LogP contribution in [0.3, 0.4) is 0 Å². The molecule has 1 aliphatic rings. The summed E-state index contributed by atoms with van der Waals surface area (Å²) in [6, 6.07) is 14.2. The third kappa shape index (κ3) is 2.43. The number of aryl methyl sites for hydroxylation is 1. The van der Waals surface area contributed by atoms with Crippen LogP contribution in [0.25, 0.3) is 0 Å². The maximum Gasteiger partial charge on any atom is 0.166 e. The van der Waals surface area contributed by atoms with Gasteiger partial charge in [-0.15, -0.1) is 0 Å². The second-order valence-corrected chi connectivity index (χ2v) is 5.23. The Kier molecular flexibility index (Phi) is 2.94. The van der Waals surface area contributed by atoms with E-state index in [9.17, 15) is 9.18 Å². The van der Waals surface area contributed by atoms with Gasteiger partial charge in [-0.25, -0.2) is 4.39 Å². The summed E-state index contributed by atoms with van der Waals surface area (Å²) in [5.41, 5.74) is 3.07. The van der Waals surface area contributed by atoms with Gasteiger partial charge in [0, 0.05) is 11.5 Å². The second-order valence-electron chi connectivity index (χ2n) is 5.23. The van der Waals surface area contributed by atoms with E-state index in [1.54, 1.807) is 12.1 Å². The van der Waals surface area contributed by atoms with Gasteiger partial charge in [0.05, 0.1) is 0 Å². The summed E-state index contributed by atoms with van der Waals surface area (Å²) in [4.78, 5) is 12.2. The second kappa shape index (κ2) is 4.61. The summed E-state index contributed by atoms with van der Waals surface area (Å²) >= 11 is 0. The van der Waals surface area contributed by atoms with Gasteiger partial charge in [0.2, 0.25) is 0 Å². The molecule has 19 heavy (non-hydrogen) atoms. The normalized spacial score (nSPS) is 21.2. The summed E-state index contributed by atoms with van der Waals surface area (Å²) in [7, 11) is 0. The van der Waals surface area contributed by atoms with E-state index in [-0.39, 0.29) is 17.5 Å². The van der Waals surface area contributed by atoms with Crippen LogP contribution in [0.15, 0.2) is 48.5 Å². The molecule has 0 heterocycles. The standard InChI is InChI=1S/C17H15FO/c1-11-2-4-12(5-3-11)15-10-16(15)17(19)13-6-8-14(18)9-7-13/h2-9,15-16H,10H2,1H3. The molecule has 0 N–H and O–H groups in total. The van der Waals surface area contributed by atoms with Gasteiger partial charge in [0.1, 0.15) is 5.82 Å². The number of carbonyl (C=O) groups excluding carboxylic acids is 1. The highest BCUT2D eigenvalue weighted by Gasteiger charge is 2.43. The van der Waals surface area contributed by atoms with Gasteiger partial charge in [-0.3, -0.25) is 4.79 Å². The monoisotopic (exact) mass is 254 g/mol. The molecule has 2 aromatic rings. The smallest absolute Gasteiger partial charge is 0.166 e. The first-order valence-electron chi connectivity index (χ1n) is 6.51. The van der Waals surface area contributed by atoms with Crippen molar-refractivity contribution in [1.82, 2.24) is 0 Å². The minimum absolute atomic E-state index is 0.0631. The van der Waals surface area contributed by atoms with Crippen molar-refractivity contribution in [3.8, 4) is 0 Å². The van der Waals surface area contributed by atoms with Crippen LogP contribution in [0.1, 0.15) is 33.8 Å². The average molecular weight is 254 g/mol. The lowest BCUT2D eigenvalue weighted by Gasteiger charge is -2.02. The van der Waals surface area contributed by atoms with Crippen LogP contribution in [0.2, 0.25) is 0 Å². The third-order valence-corrected chi connectivity index (χ3v) is 3.76. The maximum absolute atomic E-state index is 12.8. The van der Waals surface area contributed by atoms with Gasteiger partial charge in [0.15, 0.2) is 5.78 Å². The van der Waals surface area contributed by atoms with Crippen molar-refractivity contribution >= 4 is 5.78 Å². The first kappa shape index (κ1) is 12.1. The number of rotatable bonds is 3. The van der Waals surface area contributed by atoms with Gasteiger partial charge < -0.3 is 0 Å². The van der Waals surface area contributed by atoms with E-state index in [1.165, 1.54) is 23.3 Å². The molecule has 0 aliphatic heterocycles. The summed E-state index contributed by atoms with van der Waals surface area (Å²) in [6.07, 6.45) is 0.902. The Hall–Kier alpha value is -1.96. The molecule has 0 radical (unpaired) electrons. The van der Waals surface area contributed by atoms with Gasteiger partial charge in [0.25, 0.3) is 0 Å². The van der Waals surface area contributed by atoms with Crippen molar-refractivity contribution in [2.75, 3.05) is 0 Å². The molecule has 1 saturated carbocycles. The Bertz CT molecular complexity index is 598. The Balaban J connectivity index is 1.74. The minimum atomic E-state index is -0.303. The van der Waals surface area contributed by atoms with Gasteiger partial charge in [-0.1, -0.05) is 29.8 Å². The van der Waals surface area contributed by atoms with Gasteiger partial charge in [-0.2, -0.15) is 0 Å². The SMILES string of the molecule is Cc1ccc(C2CC2C(=O)c2ccc(F)cc2)cc1. The Morgan fingerprint density at radius 1 is 1.05 bits per heavy atom. The largest absolute Gasteiger partial charge is 0.294 e. The molecule has 1 nitrogen and oxygen atoms in total. The summed E-state index contributed by atoms with van der Waals surface area (Å²) < 4.78 is 12.8. The van der Waals surface area contributed by atoms with Crippen molar-refractivity contribution in [3.05, 3.63) is 71.0 Å². The number of ketones is 1. The molecule has 0 bridgehead atoms. The Morgan fingerprint density at radius 2 is 1.68 bits per heavy atom. The maximum atomic E-state index is 12.8.